The third-order valence-electron chi connectivity index (χ3n) is 3.33. The Bertz CT molecular complexity index is 170. The van der Waals surface area contributed by atoms with Gasteiger partial charge in [0.2, 0.25) is 0 Å². The van der Waals surface area contributed by atoms with Crippen molar-refractivity contribution in [3.05, 3.63) is 11.1 Å². The van der Waals surface area contributed by atoms with Crippen LogP contribution in [0.2, 0.25) is 0 Å². The molecular formula is C9H12. The van der Waals surface area contributed by atoms with Crippen LogP contribution >= 0.6 is 0 Å². The van der Waals surface area contributed by atoms with Gasteiger partial charge in [0, 0.05) is 0 Å². The van der Waals surface area contributed by atoms with Crippen molar-refractivity contribution in [2.45, 2.75) is 32.1 Å². The lowest BCUT2D eigenvalue weighted by Crippen LogP contribution is -2.10. The minimum absolute atomic E-state index is 1.08. The molecule has 48 valence electrons. The Morgan fingerprint density at radius 3 is 2.22 bits per heavy atom. The maximum Gasteiger partial charge on any atom is -0.00971 e. The van der Waals surface area contributed by atoms with Crippen LogP contribution in [0.5, 0.6) is 0 Å². The first-order valence-corrected chi connectivity index (χ1v) is 4.17. The summed E-state index contributed by atoms with van der Waals surface area (Å²) < 4.78 is 0. The molecule has 1 fully saturated rings. The van der Waals surface area contributed by atoms with Gasteiger partial charge in [-0.15, -0.1) is 0 Å². The molecule has 0 aliphatic heterocycles. The van der Waals surface area contributed by atoms with Gasteiger partial charge in [0.15, 0.2) is 0 Å². The molecule has 0 amide bonds. The fourth-order valence-corrected chi connectivity index (χ4v) is 2.80. The van der Waals surface area contributed by atoms with Gasteiger partial charge in [-0.3, -0.25) is 0 Å². The predicted molar refractivity (Wildman–Crippen MR) is 37.1 cm³/mol. The Morgan fingerprint density at radius 2 is 1.67 bits per heavy atom. The molecule has 2 bridgehead atoms. The zero-order valence-electron chi connectivity index (χ0n) is 5.69. The largest absolute Gasteiger partial charge is 0.0632 e. The highest BCUT2D eigenvalue weighted by molar-refractivity contribution is 5.44. The van der Waals surface area contributed by atoms with Crippen LogP contribution < -0.4 is 0 Å². The summed E-state index contributed by atoms with van der Waals surface area (Å²) >= 11 is 0. The number of allylic oxidation sites excluding steroid dienone is 2. The van der Waals surface area contributed by atoms with E-state index in [1.54, 1.807) is 6.42 Å². The van der Waals surface area contributed by atoms with Crippen molar-refractivity contribution in [2.75, 3.05) is 0 Å². The van der Waals surface area contributed by atoms with E-state index in [9.17, 15) is 0 Å². The quantitative estimate of drug-likeness (QED) is 0.431. The van der Waals surface area contributed by atoms with E-state index in [4.69, 9.17) is 0 Å². The summed E-state index contributed by atoms with van der Waals surface area (Å²) in [6.07, 6.45) is 7.56. The molecule has 0 spiro atoms. The summed E-state index contributed by atoms with van der Waals surface area (Å²) in [7, 11) is 0. The first kappa shape index (κ1) is 4.54. The van der Waals surface area contributed by atoms with E-state index in [1.165, 1.54) is 25.7 Å². The monoisotopic (exact) mass is 120 g/mol. The smallest absolute Gasteiger partial charge is 0.00971 e. The van der Waals surface area contributed by atoms with Crippen molar-refractivity contribution in [2.24, 2.45) is 11.8 Å². The van der Waals surface area contributed by atoms with Gasteiger partial charge < -0.3 is 0 Å². The molecule has 0 heterocycles. The number of rotatable bonds is 0. The molecule has 0 aromatic heterocycles. The molecule has 9 heavy (non-hydrogen) atoms. The van der Waals surface area contributed by atoms with Crippen molar-refractivity contribution in [1.29, 1.82) is 0 Å². The van der Waals surface area contributed by atoms with Crippen LogP contribution in [-0.2, 0) is 0 Å². The van der Waals surface area contributed by atoms with Gasteiger partial charge in [-0.05, 0) is 37.5 Å². The molecule has 3 aliphatic rings. The molecule has 2 atom stereocenters. The summed E-state index contributed by atoms with van der Waals surface area (Å²) in [6.45, 7) is 0. The molecular weight excluding hydrogens is 108 g/mol. The molecule has 0 N–H and O–H groups in total. The highest BCUT2D eigenvalue weighted by Gasteiger charge is 2.43. The van der Waals surface area contributed by atoms with Crippen LogP contribution in [0.1, 0.15) is 32.1 Å². The first-order valence-electron chi connectivity index (χ1n) is 4.17. The third kappa shape index (κ3) is 0.452. The van der Waals surface area contributed by atoms with Gasteiger partial charge in [0.25, 0.3) is 0 Å². The van der Waals surface area contributed by atoms with Gasteiger partial charge >= 0.3 is 0 Å². The number of hydrogen-bond donors (Lipinski definition) is 0. The normalized spacial score (nSPS) is 45.3. The summed E-state index contributed by atoms with van der Waals surface area (Å²) in [5, 5.41) is 0. The van der Waals surface area contributed by atoms with Gasteiger partial charge in [-0.1, -0.05) is 17.6 Å². The number of hydrogen-bond acceptors (Lipinski definition) is 0. The Balaban J connectivity index is 2.01. The third-order valence-corrected chi connectivity index (χ3v) is 3.33. The topological polar surface area (TPSA) is 0 Å². The van der Waals surface area contributed by atoms with Gasteiger partial charge in [0.1, 0.15) is 0 Å². The molecule has 0 saturated heterocycles. The lowest BCUT2D eigenvalue weighted by molar-refractivity contribution is 0.350. The second-order valence-corrected chi connectivity index (χ2v) is 3.79. The summed E-state index contributed by atoms with van der Waals surface area (Å²) in [5.41, 5.74) is 3.77. The van der Waals surface area contributed by atoms with E-state index in [0.717, 1.165) is 11.8 Å². The van der Waals surface area contributed by atoms with E-state index >= 15 is 0 Å². The molecule has 0 heteroatoms. The van der Waals surface area contributed by atoms with Crippen LogP contribution in [0.4, 0.5) is 0 Å². The Kier molecular flexibility index (Phi) is 0.633. The highest BCUT2D eigenvalue weighted by atomic mass is 14.5. The highest BCUT2D eigenvalue weighted by Crippen LogP contribution is 2.58. The first-order chi connectivity index (χ1) is 4.45. The average molecular weight is 120 g/mol. The van der Waals surface area contributed by atoms with Gasteiger partial charge in [0.05, 0.1) is 0 Å². The summed E-state index contributed by atoms with van der Waals surface area (Å²) in [6, 6.07) is 0. The van der Waals surface area contributed by atoms with E-state index in [0.29, 0.717) is 0 Å². The SMILES string of the molecule is C1CC2CC(C1)C1=C2C1. The van der Waals surface area contributed by atoms with Crippen LogP contribution in [0.3, 0.4) is 0 Å². The molecule has 3 aliphatic carbocycles. The molecule has 2 unspecified atom stereocenters. The van der Waals surface area contributed by atoms with Gasteiger partial charge in [-0.2, -0.15) is 0 Å². The van der Waals surface area contributed by atoms with E-state index < -0.39 is 0 Å². The van der Waals surface area contributed by atoms with Gasteiger partial charge in [-0.25, -0.2) is 0 Å². The second kappa shape index (κ2) is 1.25. The van der Waals surface area contributed by atoms with E-state index in [1.807, 2.05) is 11.1 Å². The average Bonchev–Trinajstić information content (AvgIpc) is 2.62. The van der Waals surface area contributed by atoms with Crippen molar-refractivity contribution >= 4 is 0 Å². The molecule has 0 nitrogen and oxygen atoms in total. The van der Waals surface area contributed by atoms with Crippen LogP contribution in [-0.4, -0.2) is 0 Å². The molecule has 1 saturated carbocycles. The maximum absolute atomic E-state index is 1.89. The molecule has 0 aromatic carbocycles. The lowest BCUT2D eigenvalue weighted by atomic mass is 9.82. The van der Waals surface area contributed by atoms with Crippen molar-refractivity contribution < 1.29 is 0 Å². The molecule has 3 rings (SSSR count). The zero-order chi connectivity index (χ0) is 5.84. The Labute approximate surface area is 56.0 Å². The minimum Gasteiger partial charge on any atom is -0.0632 e. The summed E-state index contributed by atoms with van der Waals surface area (Å²) in [4.78, 5) is 0. The molecule has 0 radical (unpaired) electrons. The lowest BCUT2D eigenvalue weighted by Gasteiger charge is -2.23. The van der Waals surface area contributed by atoms with E-state index in [2.05, 4.69) is 0 Å². The van der Waals surface area contributed by atoms with Crippen molar-refractivity contribution in [3.63, 3.8) is 0 Å². The fraction of sp³-hybridized carbons (Fsp3) is 0.778. The summed E-state index contributed by atoms with van der Waals surface area (Å²) in [5.74, 6) is 2.16. The van der Waals surface area contributed by atoms with Crippen LogP contribution in [0, 0.1) is 11.8 Å². The van der Waals surface area contributed by atoms with Crippen molar-refractivity contribution in [1.82, 2.24) is 0 Å². The minimum atomic E-state index is 1.08. The Hall–Kier alpha value is -0.260. The van der Waals surface area contributed by atoms with Crippen LogP contribution in [0.15, 0.2) is 11.1 Å². The van der Waals surface area contributed by atoms with E-state index in [-0.39, 0.29) is 0 Å². The standard InChI is InChI=1S/C9H12/c1-2-6-4-7(3-1)9-5-8(6)9/h6-7H,1-5H2. The molecule has 0 aromatic rings. The fourth-order valence-electron chi connectivity index (χ4n) is 2.80. The second-order valence-electron chi connectivity index (χ2n) is 3.79. The zero-order valence-corrected chi connectivity index (χ0v) is 5.69. The van der Waals surface area contributed by atoms with Crippen LogP contribution in [0.25, 0.3) is 0 Å². The Morgan fingerprint density at radius 1 is 1.00 bits per heavy atom. The maximum atomic E-state index is 1.89. The van der Waals surface area contributed by atoms with Crippen molar-refractivity contribution in [3.8, 4) is 0 Å². The number of fused-ring (bicyclic) bond motifs is 4. The predicted octanol–water partition coefficient (Wildman–Crippen LogP) is 2.51.